The Morgan fingerprint density at radius 1 is 0.101 bits per heavy atom. The summed E-state index contributed by atoms with van der Waals surface area (Å²) >= 11 is 0. The third-order valence-corrected chi connectivity index (χ3v) is 0. The van der Waals surface area contributed by atoms with Crippen molar-refractivity contribution in [3.8, 4) is 0 Å². The van der Waals surface area contributed by atoms with Crippen molar-refractivity contribution in [2.45, 2.75) is 7.43 Å². The van der Waals surface area contributed by atoms with Gasteiger partial charge in [0.15, 0.2) is 0 Å². The maximum absolute atomic E-state index is 8.00. The highest BCUT2D eigenvalue weighted by atomic mass is 20.0. The fourth-order valence-corrected chi connectivity index (χ4v) is 0. The van der Waals surface area contributed by atoms with Crippen LogP contribution < -0.4 is 387 Å². The van der Waals surface area contributed by atoms with Crippen LogP contribution >= 0.6 is 0 Å². The maximum Gasteiger partial charge on any atom is 0.115 e. The van der Waals surface area contributed by atoms with Gasteiger partial charge in [-0.05, 0) is 0 Å². The van der Waals surface area contributed by atoms with Gasteiger partial charge in [-0.1, -0.05) is 7.43 Å². The van der Waals surface area contributed by atoms with E-state index in [2.05, 4.69) is 387 Å². The highest BCUT2D eigenvalue weighted by Crippen LogP contribution is 1.42. The summed E-state index contributed by atoms with van der Waals surface area (Å²) in [7, 11) is 0. The minimum atomic E-state index is 0. The van der Waals surface area contributed by atoms with Gasteiger partial charge in [0.25, 0.3) is 0 Å². The van der Waals surface area contributed by atoms with Crippen LogP contribution in [-0.4, -0.2) is 0 Å². The van der Waals surface area contributed by atoms with Gasteiger partial charge < -0.3 is 387 Å². The number of hydrogen-bond acceptors (Lipinski definition) is 63. The second-order valence-electron chi connectivity index (χ2n) is 0. The molecule has 0 aromatic rings. The van der Waals surface area contributed by atoms with Crippen molar-refractivity contribution in [2.24, 2.45) is 0 Å². The largest absolute Gasteiger partial charge is 0.344 e. The van der Waals surface area contributed by atoms with Crippen LogP contribution in [-0.2, 0) is 0 Å². The molecular formula is CH194F5N63. The van der Waals surface area contributed by atoms with Crippen LogP contribution in [0.2, 0.25) is 88.9 Å². The highest BCUT2D eigenvalue weighted by Gasteiger charge is 1.00. The van der Waals surface area contributed by atoms with E-state index in [-0.39, 0.29) is 12.1 Å². The predicted octanol–water partition coefficient (Wildman–Crippen LogP) is 12.7. The molecule has 63 nitrogen and oxygen atoms in total. The molecule has 0 aliphatic carbocycles. The molecule has 0 atom stereocenters. The van der Waals surface area contributed by atoms with Crippen LogP contribution in [0.3, 0.4) is 0 Å². The molecule has 68 heteroatoms. The molecule has 0 aliphatic heterocycles. The lowest BCUT2D eigenvalue weighted by Gasteiger charge is -1.00. The molecule has 0 aromatic heterocycles. The van der Waals surface area contributed by atoms with E-state index in [0.717, 1.165) is 0 Å². The molecule has 189 N–H and O–H groups in total. The smallest absolute Gasteiger partial charge is 0.115 e. The maximum atomic E-state index is 8.00. The summed E-state index contributed by atoms with van der Waals surface area (Å²) in [5.41, 5.74) is 0. The zero-order chi connectivity index (χ0) is 130. The van der Waals surface area contributed by atoms with Crippen LogP contribution in [0.4, 0.5) is 23.0 Å². The van der Waals surface area contributed by atoms with Crippen LogP contribution in [0, 0.1) is 0 Å². The lowest BCUT2D eigenvalue weighted by molar-refractivity contribution is 0.108. The molecule has 0 saturated heterocycles. The Hall–Kier alpha value is -2.87. The van der Waals surface area contributed by atoms with Gasteiger partial charge in [-0.15, -0.1) is 0 Å². The summed E-state index contributed by atoms with van der Waals surface area (Å²) in [5.74, 6) is 0. The molecule has 0 heterocycles. The van der Waals surface area contributed by atoms with Crippen LogP contribution in [0.25, 0.3) is 0 Å². The fraction of sp³-hybridized carbons (Fsp3) is 1.00. The summed E-state index contributed by atoms with van der Waals surface area (Å²) in [5, 5.41) is 0. The molecule has 69 heavy (non-hydrogen) atoms. The highest BCUT2D eigenvalue weighted by molar-refractivity contribution is 2.50. The Kier molecular flexibility index (Phi) is 34200. The molecule has 0 unspecified atom stereocenters. The first-order valence-electron chi connectivity index (χ1n) is 36.7. The Labute approximate surface area is 511 Å². The zero-order valence-electron chi connectivity index (χ0n) is 101. The normalized spacial score (nSPS) is 6.57. The minimum absolute atomic E-state index is 0. The number of halogens is 5. The SMILES string of the molecule is C.F.FF.FF.[2H]N.[2H]N.[2H]N.[2H]N.[2H]N.[2H]N.[2H]N.[2H]N.[2H]N.[2H]N.[2H]N.[2H]N.[2H]N.[2H]N.[2H]N.[2H]N.[2H]N.[2H]N.[2H]N.[2H]N.[2H]N.[2H]N.[2H]N.[2H]N.[2H]N.[2H]N.[2H]N.[2H]N.[2H]N.[2H]N.[2H]N.[2H]N.[2H]N.[2H]N.[2H]N.[2H]N.[2H]N.[2H]N.[2H]N.[2H]N.[2H]N.[2H]N.[2H]N.[2H]N.[2H]N.[2H]N.[2H]N.[2H]N.[2H]N.[2H]N.[2H]N.[2H]N.[2H]N.[2H]N.[2H]N.[2H]N.[2H]N.[2H]N.[2H]N.[2H]N.[2H]N.[2H]N.[2H]N. The quantitative estimate of drug-likeness (QED) is 0.100. The molecule has 0 amide bonds. The molecule has 0 spiro atoms. The second-order valence-corrected chi connectivity index (χ2v) is 0. The molecule has 0 radical (unpaired) electrons. The van der Waals surface area contributed by atoms with E-state index in [4.69, 9.17) is 107 Å². The second kappa shape index (κ2) is 32500. The third kappa shape index (κ3) is 31500. The van der Waals surface area contributed by atoms with Gasteiger partial charge in [-0.2, -0.15) is 0 Å². The van der Waals surface area contributed by atoms with E-state index >= 15 is 0 Å². The van der Waals surface area contributed by atoms with Gasteiger partial charge in [0, 0.05) is 18.3 Å². The number of hydrogen-bond donors (Lipinski definition) is 63. The van der Waals surface area contributed by atoms with Gasteiger partial charge in [0.2, 0.25) is 0 Å². The van der Waals surface area contributed by atoms with E-state index in [9.17, 15) is 0 Å². The summed E-state index contributed by atoms with van der Waals surface area (Å²) in [6.45, 7) is 0. The summed E-state index contributed by atoms with van der Waals surface area (Å²) in [6, 6.07) is 0. The van der Waals surface area contributed by atoms with Crippen molar-refractivity contribution in [3.63, 3.8) is 0 Å². The van der Waals surface area contributed by atoms with Gasteiger partial charge in [-0.3, -0.25) is 4.70 Å². The van der Waals surface area contributed by atoms with Gasteiger partial charge in [0.05, 0.1) is 0 Å². The molecule has 0 rings (SSSR count). The first-order chi connectivity index (χ1) is 65.0. The van der Waals surface area contributed by atoms with E-state index in [1.807, 2.05) is 0 Å². The zero-order valence-corrected chi connectivity index (χ0v) is 38.3. The topological polar surface area (TPSA) is 2200 Å². The number of rotatable bonds is 0. The minimum Gasteiger partial charge on any atom is -0.344 e. The average molecular weight is 1250 g/mol. The monoisotopic (exact) mass is 1250 g/mol. The molecule has 0 fully saturated rings. The predicted molar refractivity (Wildman–Crippen MR) is 330 cm³/mol. The van der Waals surface area contributed by atoms with Crippen molar-refractivity contribution in [2.75, 3.05) is 0 Å². The molecule has 0 aromatic carbocycles. The van der Waals surface area contributed by atoms with Crippen molar-refractivity contribution in [1.29, 1.82) is 0 Å². The Morgan fingerprint density at radius 2 is 0.101 bits per heavy atom. The third-order valence-electron chi connectivity index (χ3n) is 0. The van der Waals surface area contributed by atoms with Gasteiger partial charge in [0.1, 0.15) is 88.9 Å². The van der Waals surface area contributed by atoms with E-state index in [1.54, 1.807) is 0 Å². The first kappa shape index (κ1) is 72.7. The first-order valence-corrected chi connectivity index (χ1v) is 0.286. The fourth-order valence-electron chi connectivity index (χ4n) is 0. The van der Waals surface area contributed by atoms with E-state index in [0.29, 0.717) is 0 Å². The van der Waals surface area contributed by atoms with Crippen molar-refractivity contribution >= 4 is 0 Å². The van der Waals surface area contributed by atoms with E-state index < -0.39 is 0 Å². The Morgan fingerprint density at radius 3 is 0.101 bits per heavy atom. The van der Waals surface area contributed by atoms with Crippen LogP contribution in [0.15, 0.2) is 0 Å². The molecular weight excluding hydrogens is 989 g/mol. The van der Waals surface area contributed by atoms with E-state index in [1.165, 1.54) is 0 Å². The summed E-state index contributed by atoms with van der Waals surface area (Å²) < 4.78 is 363. The van der Waals surface area contributed by atoms with Crippen molar-refractivity contribution < 1.29 is 112 Å². The van der Waals surface area contributed by atoms with Gasteiger partial charge >= 0.3 is 0 Å². The molecule has 0 aliphatic rings. The lowest BCUT2D eigenvalue weighted by atomic mass is 12.0. The van der Waals surface area contributed by atoms with Crippen LogP contribution in [0.1, 0.15) is 7.43 Å². The average Bonchev–Trinajstić information content (AvgIpc) is 4.06. The van der Waals surface area contributed by atoms with Crippen LogP contribution in [0.5, 0.6) is 0 Å². The van der Waals surface area contributed by atoms with Crippen molar-refractivity contribution in [1.82, 2.24) is 387 Å². The summed E-state index contributed by atoms with van der Waals surface area (Å²) in [6.07, 6.45) is 236. The van der Waals surface area contributed by atoms with Gasteiger partial charge in [-0.25, -0.2) is 0 Å². The van der Waals surface area contributed by atoms with Crippen molar-refractivity contribution in [3.05, 3.63) is 0 Å². The Balaban J connectivity index is -0.00000000500. The molecule has 0 bridgehead atoms. The summed E-state index contributed by atoms with van der Waals surface area (Å²) in [4.78, 5) is 0. The standard InChI is InChI=1S/CH4.2F2.FH.63H3N/c;2*1-2;;;;;;;;;;;;;;;;;;;;;;;;;;;;;;;;;;;;;;;;;;;;;;;;;;;;;;;;;;;;;;;;/h1H4;;;1H;63*1H3/i/hD63. The molecule has 0 saturated carbocycles. The lowest BCUT2D eigenvalue weighted by Crippen LogP contribution is -0.580. The molecule has 548 valence electrons. The Bertz CT molecular complexity index is 165.